The molecule has 0 aromatic heterocycles. The average Bonchev–Trinajstić information content (AvgIpc) is 2.32. The lowest BCUT2D eigenvalue weighted by Crippen LogP contribution is -2.32. The van der Waals surface area contributed by atoms with Crippen LogP contribution in [-0.2, 0) is 0 Å². The van der Waals surface area contributed by atoms with Gasteiger partial charge in [-0.05, 0) is 44.0 Å². The van der Waals surface area contributed by atoms with Gasteiger partial charge >= 0.3 is 12.2 Å². The molecule has 0 spiro atoms. The summed E-state index contributed by atoms with van der Waals surface area (Å²) in [6.07, 6.45) is -4.47. The number of hydrogen-bond donors (Lipinski definition) is 1. The lowest BCUT2D eigenvalue weighted by molar-refractivity contribution is -0.163. The van der Waals surface area contributed by atoms with E-state index in [2.05, 4.69) is 41.9 Å². The average molecular weight is 458 g/mol. The predicted molar refractivity (Wildman–Crippen MR) is 78.0 cm³/mol. The third-order valence-corrected chi connectivity index (χ3v) is 3.56. The summed E-state index contributed by atoms with van der Waals surface area (Å²) in [6.45, 7) is 0. The van der Waals surface area contributed by atoms with Crippen LogP contribution in [0.3, 0.4) is 0 Å². The molecule has 0 heterocycles. The largest absolute Gasteiger partial charge is 0.430 e. The Morgan fingerprint density at radius 3 is 2.25 bits per heavy atom. The van der Waals surface area contributed by atoms with Gasteiger partial charge in [-0.2, -0.15) is 8.78 Å². The smallest absolute Gasteiger partial charge is 0.428 e. The summed E-state index contributed by atoms with van der Waals surface area (Å²) in [4.78, 5) is 9.10. The van der Waals surface area contributed by atoms with E-state index < -0.39 is 17.0 Å². The van der Waals surface area contributed by atoms with Crippen molar-refractivity contribution in [3.05, 3.63) is 21.1 Å². The molecular weight excluding hydrogens is 451 g/mol. The summed E-state index contributed by atoms with van der Waals surface area (Å²) in [6, 6.07) is 2.38. The first-order chi connectivity index (χ1) is 9.17. The molecule has 0 aliphatic rings. The van der Waals surface area contributed by atoms with Gasteiger partial charge in [0.25, 0.3) is 0 Å². The van der Waals surface area contributed by atoms with E-state index in [1.807, 2.05) is 0 Å². The second-order valence-electron chi connectivity index (χ2n) is 3.32. The number of carbonyl (C=O) groups excluding carboxylic acids is 1. The zero-order chi connectivity index (χ0) is 15.5. The van der Waals surface area contributed by atoms with Crippen LogP contribution in [0, 0.1) is 0 Å². The van der Waals surface area contributed by atoms with Crippen molar-refractivity contribution in [1.29, 1.82) is 0 Å². The molecule has 10 heteroatoms. The van der Waals surface area contributed by atoms with E-state index in [0.717, 1.165) is 0 Å². The number of nitrogens with one attached hydrogen (secondary N) is 1. The molecule has 0 aliphatic heterocycles. The van der Waals surface area contributed by atoms with Crippen LogP contribution in [-0.4, -0.2) is 24.1 Å². The lowest BCUT2D eigenvalue weighted by atomic mass is 10.3. The highest BCUT2D eigenvalue weighted by Crippen LogP contribution is 2.39. The molecule has 1 amide bonds. The minimum Gasteiger partial charge on any atom is -0.430 e. The molecule has 20 heavy (non-hydrogen) atoms. The topological polar surface area (TPSA) is 47.6 Å². The molecule has 4 nitrogen and oxygen atoms in total. The molecule has 0 saturated carbocycles. The number of amides is 1. The van der Waals surface area contributed by atoms with Crippen LogP contribution < -0.4 is 14.8 Å². The maximum absolute atomic E-state index is 13.2. The minimum atomic E-state index is -3.76. The van der Waals surface area contributed by atoms with Gasteiger partial charge in [-0.15, -0.1) is 0 Å². The van der Waals surface area contributed by atoms with E-state index >= 15 is 0 Å². The van der Waals surface area contributed by atoms with Crippen LogP contribution in [0.4, 0.5) is 13.6 Å². The Labute approximate surface area is 140 Å². The van der Waals surface area contributed by atoms with Crippen molar-refractivity contribution >= 4 is 61.2 Å². The highest BCUT2D eigenvalue weighted by atomic mass is 79.9. The summed E-state index contributed by atoms with van der Waals surface area (Å²) in [5.74, 6) is -0.113. The van der Waals surface area contributed by atoms with Gasteiger partial charge in [0.15, 0.2) is 5.75 Å². The van der Waals surface area contributed by atoms with Crippen LogP contribution >= 0.6 is 55.1 Å². The molecule has 1 rings (SSSR count). The highest BCUT2D eigenvalue weighted by Gasteiger charge is 2.40. The monoisotopic (exact) mass is 455 g/mol. The van der Waals surface area contributed by atoms with Gasteiger partial charge in [-0.3, -0.25) is 0 Å². The van der Waals surface area contributed by atoms with Crippen LogP contribution in [0.1, 0.15) is 0 Å². The van der Waals surface area contributed by atoms with Gasteiger partial charge in [-0.25, -0.2) is 4.79 Å². The molecule has 0 fully saturated rings. The number of halogens is 6. The normalized spacial score (nSPS) is 11.4. The Kier molecular flexibility index (Phi) is 6.30. The van der Waals surface area contributed by atoms with Crippen molar-refractivity contribution in [3.63, 3.8) is 0 Å². The van der Waals surface area contributed by atoms with Crippen LogP contribution in [0.5, 0.6) is 11.5 Å². The zero-order valence-corrected chi connectivity index (χ0v) is 14.4. The molecule has 1 aromatic rings. The summed E-state index contributed by atoms with van der Waals surface area (Å²) < 4.78 is 36.3. The van der Waals surface area contributed by atoms with Crippen molar-refractivity contribution in [2.75, 3.05) is 7.05 Å². The highest BCUT2D eigenvalue weighted by molar-refractivity contribution is 9.11. The van der Waals surface area contributed by atoms with Gasteiger partial charge in [0.1, 0.15) is 5.75 Å². The quantitative estimate of drug-likeness (QED) is 0.666. The number of benzene rings is 1. The number of ether oxygens (including phenoxy) is 2. The first-order valence-corrected chi connectivity index (χ1v) is 7.37. The predicted octanol–water partition coefficient (Wildman–Crippen LogP) is 4.71. The van der Waals surface area contributed by atoms with Crippen LogP contribution in [0.25, 0.3) is 0 Å². The van der Waals surface area contributed by atoms with E-state index in [9.17, 15) is 13.6 Å². The van der Waals surface area contributed by atoms with Gasteiger partial charge in [0, 0.05) is 7.05 Å². The fourth-order valence-electron chi connectivity index (χ4n) is 1.04. The van der Waals surface area contributed by atoms with E-state index in [0.29, 0.717) is 0 Å². The van der Waals surface area contributed by atoms with Crippen molar-refractivity contribution in [2.24, 2.45) is 0 Å². The minimum absolute atomic E-state index is 0.105. The Bertz CT molecular complexity index is 494. The van der Waals surface area contributed by atoms with Gasteiger partial charge in [0.05, 0.1) is 8.95 Å². The second kappa shape index (κ2) is 7.11. The fraction of sp³-hybridized carbons (Fsp3) is 0.300. The molecular formula is C10H7Br2Cl2F2NO3. The van der Waals surface area contributed by atoms with E-state index in [-0.39, 0.29) is 20.4 Å². The van der Waals surface area contributed by atoms with Crippen molar-refractivity contribution < 1.29 is 23.0 Å². The molecule has 0 aliphatic carbocycles. The Morgan fingerprint density at radius 1 is 1.35 bits per heavy atom. The Morgan fingerprint density at radius 2 is 1.85 bits per heavy atom. The van der Waals surface area contributed by atoms with Crippen molar-refractivity contribution in [1.82, 2.24) is 5.32 Å². The molecule has 0 unspecified atom stereocenters. The summed E-state index contributed by atoms with van der Waals surface area (Å²) >= 11 is 16.4. The van der Waals surface area contributed by atoms with E-state index in [1.165, 1.54) is 19.2 Å². The molecule has 0 bridgehead atoms. The standard InChI is InChI=1S/C10H7Br2Cl2F2NO3/c1-17-9(18)19-7-5(11)2-4(3-6(7)12)20-10(15,16)8(13)14/h2-3,8H,1H3,(H,17,18). The summed E-state index contributed by atoms with van der Waals surface area (Å²) in [5.41, 5.74) is 0. The maximum atomic E-state index is 13.2. The van der Waals surface area contributed by atoms with Gasteiger partial charge in [-0.1, -0.05) is 23.2 Å². The SMILES string of the molecule is CNC(=O)Oc1c(Br)cc(OC(F)(F)C(Cl)Cl)cc1Br. The molecule has 0 atom stereocenters. The molecule has 112 valence electrons. The van der Waals surface area contributed by atoms with Crippen molar-refractivity contribution in [2.45, 2.75) is 10.9 Å². The molecule has 0 saturated heterocycles. The van der Waals surface area contributed by atoms with Gasteiger partial charge in [0.2, 0.25) is 4.84 Å². The fourth-order valence-corrected chi connectivity index (χ4v) is 2.43. The number of alkyl halides is 4. The van der Waals surface area contributed by atoms with Crippen LogP contribution in [0.15, 0.2) is 21.1 Å². The Balaban J connectivity index is 3.02. The van der Waals surface area contributed by atoms with Crippen LogP contribution in [0.2, 0.25) is 0 Å². The van der Waals surface area contributed by atoms with Gasteiger partial charge < -0.3 is 14.8 Å². The zero-order valence-electron chi connectivity index (χ0n) is 9.72. The summed E-state index contributed by atoms with van der Waals surface area (Å²) in [5, 5.41) is 2.25. The first-order valence-electron chi connectivity index (χ1n) is 4.91. The van der Waals surface area contributed by atoms with E-state index in [4.69, 9.17) is 27.9 Å². The summed E-state index contributed by atoms with van der Waals surface area (Å²) in [7, 11) is 1.38. The number of hydrogen-bond acceptors (Lipinski definition) is 3. The number of carbonyl (C=O) groups is 1. The molecule has 1 N–H and O–H groups in total. The third kappa shape index (κ3) is 4.61. The molecule has 0 radical (unpaired) electrons. The molecule has 1 aromatic carbocycles. The maximum Gasteiger partial charge on any atom is 0.428 e. The lowest BCUT2D eigenvalue weighted by Gasteiger charge is -2.19. The first kappa shape index (κ1) is 17.7. The second-order valence-corrected chi connectivity index (χ2v) is 6.13. The van der Waals surface area contributed by atoms with Crippen molar-refractivity contribution in [3.8, 4) is 11.5 Å². The third-order valence-electron chi connectivity index (χ3n) is 1.88. The van der Waals surface area contributed by atoms with E-state index in [1.54, 1.807) is 0 Å². The Hall–Kier alpha value is -0.310. The number of rotatable bonds is 4.